The number of nitro groups is 1. The van der Waals surface area contributed by atoms with Crippen molar-refractivity contribution in [3.05, 3.63) is 37.9 Å². The average Bonchev–Trinajstić information content (AvgIpc) is 2.09. The number of nitrogens with zero attached hydrogens (tertiary/aromatic N) is 1. The molecule has 66 valence electrons. The molecule has 0 saturated carbocycles. The Hall–Kier alpha value is -0.650. The number of nitro benzene ring substituents is 1. The normalized spacial score (nSPS) is 8.25. The van der Waals surface area contributed by atoms with E-state index in [1.54, 1.807) is 12.1 Å². The highest BCUT2D eigenvalue weighted by molar-refractivity contribution is 14.1. The summed E-state index contributed by atoms with van der Waals surface area (Å²) < 4.78 is 1.00. The van der Waals surface area contributed by atoms with Gasteiger partial charge in [0.15, 0.2) is 0 Å². The van der Waals surface area contributed by atoms with Crippen LogP contribution in [0, 0.1) is 13.7 Å². The molecule has 0 heterocycles. The maximum absolute atomic E-state index is 10.1. The molecule has 0 aliphatic heterocycles. The number of non-ortho nitro benzene ring substituents is 1. The second-order valence-corrected chi connectivity index (χ2v) is 2.98. The molecule has 1 aromatic carbocycles. The maximum atomic E-state index is 10.1. The third-order valence-corrected chi connectivity index (χ3v) is 1.76. The largest absolute Gasteiger partial charge is 0.269 e. The zero-order valence-electron chi connectivity index (χ0n) is 6.95. The SMILES string of the molecule is CC.O=[N+]([O-])c1ccc(I)cc1. The highest BCUT2D eigenvalue weighted by atomic mass is 127. The Morgan fingerprint density at radius 1 is 1.25 bits per heavy atom. The molecule has 1 aromatic rings. The van der Waals surface area contributed by atoms with Gasteiger partial charge < -0.3 is 0 Å². The zero-order valence-corrected chi connectivity index (χ0v) is 9.11. The van der Waals surface area contributed by atoms with Gasteiger partial charge >= 0.3 is 0 Å². The van der Waals surface area contributed by atoms with Crippen LogP contribution >= 0.6 is 22.6 Å². The summed E-state index contributed by atoms with van der Waals surface area (Å²) in [6.07, 6.45) is 0. The highest BCUT2D eigenvalue weighted by Crippen LogP contribution is 2.12. The maximum Gasteiger partial charge on any atom is 0.269 e. The van der Waals surface area contributed by atoms with Crippen LogP contribution in [0.5, 0.6) is 0 Å². The van der Waals surface area contributed by atoms with Gasteiger partial charge in [0.25, 0.3) is 5.69 Å². The van der Waals surface area contributed by atoms with Gasteiger partial charge in [0.2, 0.25) is 0 Å². The number of hydrogen-bond acceptors (Lipinski definition) is 2. The van der Waals surface area contributed by atoms with E-state index >= 15 is 0 Å². The lowest BCUT2D eigenvalue weighted by Gasteiger charge is -1.88. The van der Waals surface area contributed by atoms with Crippen molar-refractivity contribution in [3.63, 3.8) is 0 Å². The summed E-state index contributed by atoms with van der Waals surface area (Å²) in [4.78, 5) is 9.71. The van der Waals surface area contributed by atoms with Gasteiger partial charge in [0.1, 0.15) is 0 Å². The number of hydrogen-bond donors (Lipinski definition) is 0. The molecule has 0 aliphatic rings. The van der Waals surface area contributed by atoms with E-state index < -0.39 is 4.92 Å². The Morgan fingerprint density at radius 2 is 1.67 bits per heavy atom. The molecular formula is C8H10INO2. The summed E-state index contributed by atoms with van der Waals surface area (Å²) in [5, 5.41) is 10.1. The summed E-state index contributed by atoms with van der Waals surface area (Å²) in [7, 11) is 0. The Bertz CT molecular complexity index is 246. The van der Waals surface area contributed by atoms with Crippen LogP contribution < -0.4 is 0 Å². The van der Waals surface area contributed by atoms with E-state index in [4.69, 9.17) is 0 Å². The Kier molecular flexibility index (Phi) is 5.61. The summed E-state index contributed by atoms with van der Waals surface area (Å²) in [6.45, 7) is 4.00. The zero-order chi connectivity index (χ0) is 9.56. The van der Waals surface area contributed by atoms with Gasteiger partial charge in [0.05, 0.1) is 4.92 Å². The Balaban J connectivity index is 0.000000561. The Labute approximate surface area is 85.1 Å². The summed E-state index contributed by atoms with van der Waals surface area (Å²) in [5.41, 5.74) is 0.139. The average molecular weight is 279 g/mol. The molecule has 0 aromatic heterocycles. The molecule has 0 spiro atoms. The molecule has 0 N–H and O–H groups in total. The van der Waals surface area contributed by atoms with Crippen molar-refractivity contribution in [3.8, 4) is 0 Å². The smallest absolute Gasteiger partial charge is 0.258 e. The van der Waals surface area contributed by atoms with E-state index in [2.05, 4.69) is 22.6 Å². The van der Waals surface area contributed by atoms with Crippen molar-refractivity contribution in [2.75, 3.05) is 0 Å². The van der Waals surface area contributed by atoms with Crippen LogP contribution in [0.4, 0.5) is 5.69 Å². The lowest BCUT2D eigenvalue weighted by Crippen LogP contribution is -1.86. The second kappa shape index (κ2) is 5.93. The van der Waals surface area contributed by atoms with Gasteiger partial charge in [-0.2, -0.15) is 0 Å². The quantitative estimate of drug-likeness (QED) is 0.450. The lowest BCUT2D eigenvalue weighted by molar-refractivity contribution is -0.384. The molecule has 0 atom stereocenters. The van der Waals surface area contributed by atoms with E-state index in [9.17, 15) is 10.1 Å². The van der Waals surface area contributed by atoms with Gasteiger partial charge in [-0.1, -0.05) is 13.8 Å². The predicted molar refractivity (Wildman–Crippen MR) is 57.2 cm³/mol. The summed E-state index contributed by atoms with van der Waals surface area (Å²) in [6, 6.07) is 6.39. The standard InChI is InChI=1S/C6H4INO2.C2H6/c7-5-1-3-6(4-2-5)8(9)10;1-2/h1-4H;1-2H3. The van der Waals surface area contributed by atoms with E-state index in [0.717, 1.165) is 3.57 Å². The lowest BCUT2D eigenvalue weighted by atomic mass is 10.3. The molecule has 0 saturated heterocycles. The monoisotopic (exact) mass is 279 g/mol. The van der Waals surface area contributed by atoms with Crippen LogP contribution in [0.25, 0.3) is 0 Å². The molecule has 4 heteroatoms. The molecular weight excluding hydrogens is 269 g/mol. The van der Waals surface area contributed by atoms with Crippen molar-refractivity contribution < 1.29 is 4.92 Å². The van der Waals surface area contributed by atoms with Crippen molar-refractivity contribution >= 4 is 28.3 Å². The Morgan fingerprint density at radius 3 is 2.00 bits per heavy atom. The predicted octanol–water partition coefficient (Wildman–Crippen LogP) is 3.23. The molecule has 0 aliphatic carbocycles. The first kappa shape index (κ1) is 11.4. The minimum Gasteiger partial charge on any atom is -0.258 e. The molecule has 1 rings (SSSR count). The third kappa shape index (κ3) is 3.66. The van der Waals surface area contributed by atoms with Crippen molar-refractivity contribution in [1.29, 1.82) is 0 Å². The molecule has 0 unspecified atom stereocenters. The first-order valence-electron chi connectivity index (χ1n) is 3.60. The number of halogens is 1. The fraction of sp³-hybridized carbons (Fsp3) is 0.250. The van der Waals surface area contributed by atoms with E-state index in [1.807, 2.05) is 13.8 Å². The van der Waals surface area contributed by atoms with Crippen molar-refractivity contribution in [1.82, 2.24) is 0 Å². The summed E-state index contributed by atoms with van der Waals surface area (Å²) >= 11 is 2.10. The molecule has 0 bridgehead atoms. The number of benzene rings is 1. The molecule has 0 radical (unpaired) electrons. The van der Waals surface area contributed by atoms with E-state index in [0.29, 0.717) is 0 Å². The van der Waals surface area contributed by atoms with Crippen LogP contribution in [-0.2, 0) is 0 Å². The van der Waals surface area contributed by atoms with Crippen LogP contribution in [0.1, 0.15) is 13.8 Å². The third-order valence-electron chi connectivity index (χ3n) is 1.04. The van der Waals surface area contributed by atoms with Gasteiger partial charge in [-0.05, 0) is 34.7 Å². The van der Waals surface area contributed by atoms with Crippen LogP contribution in [0.3, 0.4) is 0 Å². The van der Waals surface area contributed by atoms with Crippen LogP contribution in [0.15, 0.2) is 24.3 Å². The van der Waals surface area contributed by atoms with Gasteiger partial charge in [-0.15, -0.1) is 0 Å². The van der Waals surface area contributed by atoms with E-state index in [1.165, 1.54) is 12.1 Å². The minimum atomic E-state index is -0.407. The van der Waals surface area contributed by atoms with Crippen molar-refractivity contribution in [2.24, 2.45) is 0 Å². The fourth-order valence-corrected chi connectivity index (χ4v) is 0.922. The van der Waals surface area contributed by atoms with Gasteiger partial charge in [-0.25, -0.2) is 0 Å². The summed E-state index contributed by atoms with van der Waals surface area (Å²) in [5.74, 6) is 0. The minimum absolute atomic E-state index is 0.139. The number of rotatable bonds is 1. The highest BCUT2D eigenvalue weighted by Gasteiger charge is 2.01. The first-order valence-corrected chi connectivity index (χ1v) is 4.68. The van der Waals surface area contributed by atoms with Crippen LogP contribution in [-0.4, -0.2) is 4.92 Å². The molecule has 3 nitrogen and oxygen atoms in total. The second-order valence-electron chi connectivity index (χ2n) is 1.73. The molecule has 12 heavy (non-hydrogen) atoms. The van der Waals surface area contributed by atoms with Crippen molar-refractivity contribution in [2.45, 2.75) is 13.8 Å². The fourth-order valence-electron chi connectivity index (χ4n) is 0.563. The topological polar surface area (TPSA) is 43.1 Å². The van der Waals surface area contributed by atoms with Crippen LogP contribution in [0.2, 0.25) is 0 Å². The molecule has 0 amide bonds. The van der Waals surface area contributed by atoms with E-state index in [-0.39, 0.29) is 5.69 Å². The van der Waals surface area contributed by atoms with Gasteiger partial charge in [0, 0.05) is 15.7 Å². The van der Waals surface area contributed by atoms with Gasteiger partial charge in [-0.3, -0.25) is 10.1 Å². The first-order chi connectivity index (χ1) is 5.70. The molecule has 0 fully saturated rings.